The van der Waals surface area contributed by atoms with Gasteiger partial charge in [0, 0.05) is 13.0 Å². The number of hydrogen-bond donors (Lipinski definition) is 4. The number of hydrogen-bond acceptors (Lipinski definition) is 6. The molecule has 0 saturated heterocycles. The third-order valence-electron chi connectivity index (χ3n) is 11.1. The molecular weight excluding hydrogens is 719 g/mol. The predicted molar refractivity (Wildman–Crippen MR) is 240 cm³/mol. The molecule has 0 rings (SSSR count). The minimum atomic E-state index is -4.33. The lowest BCUT2D eigenvalue weighted by atomic mass is 10.0. The molecule has 0 aliphatic rings. The highest BCUT2D eigenvalue weighted by molar-refractivity contribution is 7.47. The summed E-state index contributed by atoms with van der Waals surface area (Å²) in [7, 11) is -4.33. The van der Waals surface area contributed by atoms with Crippen molar-refractivity contribution in [1.29, 1.82) is 0 Å². The molecule has 0 aromatic rings. The van der Waals surface area contributed by atoms with Crippen molar-refractivity contribution in [1.82, 2.24) is 5.32 Å². The van der Waals surface area contributed by atoms with E-state index in [0.29, 0.717) is 6.42 Å². The van der Waals surface area contributed by atoms with Gasteiger partial charge in [0.25, 0.3) is 0 Å². The Kier molecular flexibility index (Phi) is 43.2. The van der Waals surface area contributed by atoms with Crippen molar-refractivity contribution < 1.29 is 28.4 Å². The monoisotopic (exact) mass is 815 g/mol. The van der Waals surface area contributed by atoms with Crippen LogP contribution >= 0.6 is 7.82 Å². The van der Waals surface area contributed by atoms with E-state index >= 15 is 0 Å². The first-order valence-electron chi connectivity index (χ1n) is 24.3. The molecule has 1 amide bonds. The van der Waals surface area contributed by atoms with Gasteiger partial charge in [0.05, 0.1) is 25.4 Å². The van der Waals surface area contributed by atoms with Crippen molar-refractivity contribution in [3.8, 4) is 0 Å². The fraction of sp³-hybridized carbons (Fsp3) is 0.936. The van der Waals surface area contributed by atoms with Gasteiger partial charge in [-0.2, -0.15) is 0 Å². The normalized spacial score (nSPS) is 14.0. The Morgan fingerprint density at radius 2 is 0.911 bits per heavy atom. The first-order chi connectivity index (χ1) is 27.4. The van der Waals surface area contributed by atoms with Crippen molar-refractivity contribution in [3.05, 3.63) is 12.2 Å². The third kappa shape index (κ3) is 41.4. The molecule has 0 bridgehead atoms. The number of aliphatic hydroxyl groups is 1. The van der Waals surface area contributed by atoms with Gasteiger partial charge in [-0.3, -0.25) is 13.8 Å². The topological polar surface area (TPSA) is 131 Å². The van der Waals surface area contributed by atoms with Gasteiger partial charge in [0.2, 0.25) is 5.91 Å². The summed E-state index contributed by atoms with van der Waals surface area (Å²) in [5.74, 6) is -0.189. The van der Waals surface area contributed by atoms with Gasteiger partial charge in [0.1, 0.15) is 0 Å². The van der Waals surface area contributed by atoms with E-state index in [-0.39, 0.29) is 25.7 Å². The van der Waals surface area contributed by atoms with Crippen LogP contribution in [0.5, 0.6) is 0 Å². The molecule has 334 valence electrons. The van der Waals surface area contributed by atoms with Crippen molar-refractivity contribution >= 4 is 13.7 Å². The van der Waals surface area contributed by atoms with Crippen LogP contribution in [0.3, 0.4) is 0 Å². The quantitative estimate of drug-likeness (QED) is 0.0273. The summed E-state index contributed by atoms with van der Waals surface area (Å²) in [5.41, 5.74) is 5.38. The molecule has 0 fully saturated rings. The summed E-state index contributed by atoms with van der Waals surface area (Å²) in [5, 5.41) is 13.7. The SMILES string of the molecule is CCCCCCCCCCCC/C=C/[C@@H](O)[C@H](COP(=O)(O)OCCN)NC(=O)CCCCCCCCCCCCCCCCCCCCCCCCCCC. The number of nitrogens with two attached hydrogens (primary N) is 1. The Hall–Kier alpha value is -0.760. The molecule has 0 aliphatic heterocycles. The number of phosphoric acid groups is 1. The summed E-state index contributed by atoms with van der Waals surface area (Å²) in [6, 6.07) is -0.854. The molecule has 9 heteroatoms. The van der Waals surface area contributed by atoms with E-state index in [0.717, 1.165) is 38.5 Å². The van der Waals surface area contributed by atoms with Crippen molar-refractivity contribution in [3.63, 3.8) is 0 Å². The standard InChI is InChI=1S/C47H95N2O6P/c1-3-5-7-9-11-13-15-17-18-19-20-21-22-23-24-25-26-27-28-29-31-33-35-37-39-41-47(51)49-45(44-55-56(52,53)54-43-42-48)46(50)40-38-36-34-32-30-16-14-12-10-8-6-4-2/h38,40,45-46,50H,3-37,39,41-44,48H2,1-2H3,(H,49,51)(H,52,53)/b40-38+/t45-,46+/m0/s1. The molecule has 0 saturated carbocycles. The minimum absolute atomic E-state index is 0.0814. The molecule has 3 atom stereocenters. The molecular formula is C47H95N2O6P. The highest BCUT2D eigenvalue weighted by Gasteiger charge is 2.26. The van der Waals surface area contributed by atoms with Crippen LogP contribution in [0, 0.1) is 0 Å². The van der Waals surface area contributed by atoms with E-state index in [1.54, 1.807) is 6.08 Å². The number of carbonyl (C=O) groups excluding carboxylic acids is 1. The fourth-order valence-corrected chi connectivity index (χ4v) is 8.19. The maximum Gasteiger partial charge on any atom is 0.472 e. The zero-order valence-corrected chi connectivity index (χ0v) is 38.0. The van der Waals surface area contributed by atoms with E-state index < -0.39 is 20.0 Å². The van der Waals surface area contributed by atoms with Crippen LogP contribution in [-0.4, -0.2) is 47.8 Å². The Morgan fingerprint density at radius 1 is 0.571 bits per heavy atom. The van der Waals surface area contributed by atoms with Crippen LogP contribution in [0.15, 0.2) is 12.2 Å². The smallest absolute Gasteiger partial charge is 0.387 e. The molecule has 0 aromatic heterocycles. The summed E-state index contributed by atoms with van der Waals surface area (Å²) in [6.45, 7) is 4.16. The second-order valence-corrected chi connectivity index (χ2v) is 18.1. The summed E-state index contributed by atoms with van der Waals surface area (Å²) in [6.07, 6.45) is 49.9. The first kappa shape index (κ1) is 55.2. The van der Waals surface area contributed by atoms with Gasteiger partial charge < -0.3 is 21.1 Å². The lowest BCUT2D eigenvalue weighted by Crippen LogP contribution is -2.45. The maximum absolute atomic E-state index is 12.8. The number of nitrogens with one attached hydrogen (secondary N) is 1. The fourth-order valence-electron chi connectivity index (χ4n) is 7.43. The van der Waals surface area contributed by atoms with Gasteiger partial charge in [0.15, 0.2) is 0 Å². The van der Waals surface area contributed by atoms with E-state index in [2.05, 4.69) is 19.2 Å². The van der Waals surface area contributed by atoms with Crippen molar-refractivity contribution in [2.75, 3.05) is 19.8 Å². The van der Waals surface area contributed by atoms with Crippen molar-refractivity contribution in [2.45, 2.75) is 264 Å². The number of allylic oxidation sites excluding steroid dienone is 1. The van der Waals surface area contributed by atoms with E-state index in [9.17, 15) is 19.4 Å². The zero-order chi connectivity index (χ0) is 41.1. The molecule has 0 aliphatic carbocycles. The Labute approximate surface area is 347 Å². The zero-order valence-electron chi connectivity index (χ0n) is 37.1. The number of aliphatic hydroxyl groups excluding tert-OH is 1. The van der Waals surface area contributed by atoms with Crippen molar-refractivity contribution in [2.24, 2.45) is 5.73 Å². The number of rotatable bonds is 46. The number of amides is 1. The maximum atomic E-state index is 12.8. The van der Waals surface area contributed by atoms with Crippen LogP contribution in [0.25, 0.3) is 0 Å². The minimum Gasteiger partial charge on any atom is -0.387 e. The molecule has 0 heterocycles. The number of carbonyl (C=O) groups is 1. The molecule has 8 nitrogen and oxygen atoms in total. The summed E-state index contributed by atoms with van der Waals surface area (Å²) >= 11 is 0. The van der Waals surface area contributed by atoms with Gasteiger partial charge in [-0.1, -0.05) is 238 Å². The first-order valence-corrected chi connectivity index (χ1v) is 25.8. The lowest BCUT2D eigenvalue weighted by Gasteiger charge is -2.23. The molecule has 0 aromatic carbocycles. The van der Waals surface area contributed by atoms with Crippen LogP contribution < -0.4 is 11.1 Å². The average molecular weight is 815 g/mol. The molecule has 0 radical (unpaired) electrons. The van der Waals surface area contributed by atoms with Gasteiger partial charge in [-0.05, 0) is 19.3 Å². The molecule has 56 heavy (non-hydrogen) atoms. The lowest BCUT2D eigenvalue weighted by molar-refractivity contribution is -0.123. The third-order valence-corrected chi connectivity index (χ3v) is 12.1. The van der Waals surface area contributed by atoms with Crippen LogP contribution in [0.4, 0.5) is 0 Å². The van der Waals surface area contributed by atoms with E-state index in [4.69, 9.17) is 14.8 Å². The number of phosphoric ester groups is 1. The second-order valence-electron chi connectivity index (χ2n) is 16.7. The van der Waals surface area contributed by atoms with Crippen LogP contribution in [-0.2, 0) is 18.4 Å². The average Bonchev–Trinajstić information content (AvgIpc) is 3.19. The predicted octanol–water partition coefficient (Wildman–Crippen LogP) is 14.0. The Morgan fingerprint density at radius 3 is 1.27 bits per heavy atom. The number of unbranched alkanes of at least 4 members (excludes halogenated alkanes) is 34. The van der Waals surface area contributed by atoms with E-state index in [1.165, 1.54) is 193 Å². The molecule has 0 spiro atoms. The van der Waals surface area contributed by atoms with Gasteiger partial charge in [-0.25, -0.2) is 4.57 Å². The largest absolute Gasteiger partial charge is 0.472 e. The highest BCUT2D eigenvalue weighted by atomic mass is 31.2. The van der Waals surface area contributed by atoms with Crippen LogP contribution in [0.1, 0.15) is 251 Å². The molecule has 1 unspecified atom stereocenters. The van der Waals surface area contributed by atoms with Gasteiger partial charge in [-0.15, -0.1) is 0 Å². The Bertz CT molecular complexity index is 891. The van der Waals surface area contributed by atoms with Crippen LogP contribution in [0.2, 0.25) is 0 Å². The molecule has 5 N–H and O–H groups in total. The summed E-state index contributed by atoms with van der Waals surface area (Å²) < 4.78 is 22.1. The summed E-state index contributed by atoms with van der Waals surface area (Å²) in [4.78, 5) is 22.7. The highest BCUT2D eigenvalue weighted by Crippen LogP contribution is 2.43. The van der Waals surface area contributed by atoms with E-state index in [1.807, 2.05) is 6.08 Å². The van der Waals surface area contributed by atoms with Gasteiger partial charge >= 0.3 is 7.82 Å². The Balaban J connectivity index is 3.97. The second kappa shape index (κ2) is 43.8.